The van der Waals surface area contributed by atoms with Gasteiger partial charge in [0.05, 0.1) is 0 Å². The number of rotatable bonds is 4. The minimum Gasteiger partial charge on any atom is -0.344 e. The lowest BCUT2D eigenvalue weighted by Crippen LogP contribution is -1.97. The van der Waals surface area contributed by atoms with Crippen molar-refractivity contribution in [2.45, 2.75) is 39.5 Å². The molecule has 13 heavy (non-hydrogen) atoms. The van der Waals surface area contributed by atoms with Crippen molar-refractivity contribution in [3.63, 3.8) is 0 Å². The van der Waals surface area contributed by atoms with E-state index in [0.29, 0.717) is 0 Å². The molecule has 0 fully saturated rings. The van der Waals surface area contributed by atoms with E-state index in [-0.39, 0.29) is 6.15 Å². The standard InChI is InChI=1S/C10H16N2.H3N/c1-3-5-9-7-8-11-10(12-9)6-4-2;/h7-8H,3-6H2,1-2H3;1H3. The van der Waals surface area contributed by atoms with E-state index >= 15 is 0 Å². The van der Waals surface area contributed by atoms with Crippen molar-refractivity contribution in [2.75, 3.05) is 0 Å². The summed E-state index contributed by atoms with van der Waals surface area (Å²) in [6, 6.07) is 2.00. The van der Waals surface area contributed by atoms with Crippen molar-refractivity contribution in [1.29, 1.82) is 0 Å². The van der Waals surface area contributed by atoms with E-state index in [1.165, 1.54) is 5.69 Å². The summed E-state index contributed by atoms with van der Waals surface area (Å²) in [5.41, 5.74) is 1.18. The van der Waals surface area contributed by atoms with Crippen molar-refractivity contribution in [3.05, 3.63) is 23.8 Å². The summed E-state index contributed by atoms with van der Waals surface area (Å²) in [6.45, 7) is 4.32. The molecule has 0 saturated heterocycles. The summed E-state index contributed by atoms with van der Waals surface area (Å²) in [5.74, 6) is 0.989. The van der Waals surface area contributed by atoms with Gasteiger partial charge in [-0.2, -0.15) is 0 Å². The summed E-state index contributed by atoms with van der Waals surface area (Å²) in [7, 11) is 0. The van der Waals surface area contributed by atoms with E-state index in [9.17, 15) is 0 Å². The summed E-state index contributed by atoms with van der Waals surface area (Å²) >= 11 is 0. The van der Waals surface area contributed by atoms with Gasteiger partial charge < -0.3 is 6.15 Å². The van der Waals surface area contributed by atoms with Crippen molar-refractivity contribution in [1.82, 2.24) is 16.1 Å². The van der Waals surface area contributed by atoms with Crippen LogP contribution in [0.15, 0.2) is 12.3 Å². The van der Waals surface area contributed by atoms with Gasteiger partial charge in [0, 0.05) is 18.3 Å². The third-order valence-electron chi connectivity index (χ3n) is 1.74. The molecular weight excluding hydrogens is 162 g/mol. The molecule has 0 spiro atoms. The van der Waals surface area contributed by atoms with Crippen molar-refractivity contribution in [2.24, 2.45) is 0 Å². The highest BCUT2D eigenvalue weighted by atomic mass is 14.9. The van der Waals surface area contributed by atoms with Gasteiger partial charge in [-0.25, -0.2) is 9.97 Å². The zero-order valence-electron chi connectivity index (χ0n) is 8.58. The van der Waals surface area contributed by atoms with E-state index in [4.69, 9.17) is 0 Å². The Morgan fingerprint density at radius 1 is 1.15 bits per heavy atom. The van der Waals surface area contributed by atoms with Crippen LogP contribution in [0.1, 0.15) is 38.2 Å². The first-order valence-corrected chi connectivity index (χ1v) is 4.67. The van der Waals surface area contributed by atoms with Crippen LogP contribution in [-0.4, -0.2) is 9.97 Å². The van der Waals surface area contributed by atoms with Crippen LogP contribution in [-0.2, 0) is 12.8 Å². The van der Waals surface area contributed by atoms with Gasteiger partial charge in [0.25, 0.3) is 0 Å². The average Bonchev–Trinajstić information content (AvgIpc) is 2.06. The Kier molecular flexibility index (Phi) is 6.06. The molecule has 1 aromatic heterocycles. The summed E-state index contributed by atoms with van der Waals surface area (Å²) in [6.07, 6.45) is 6.21. The molecule has 0 aliphatic rings. The average molecular weight is 181 g/mol. The first kappa shape index (κ1) is 12.0. The Labute approximate surface area is 80.2 Å². The van der Waals surface area contributed by atoms with Crippen LogP contribution in [0.3, 0.4) is 0 Å². The molecule has 1 aromatic rings. The molecule has 0 saturated carbocycles. The number of nitrogens with zero attached hydrogens (tertiary/aromatic N) is 2. The maximum Gasteiger partial charge on any atom is 0.128 e. The summed E-state index contributed by atoms with van der Waals surface area (Å²) in [5, 5.41) is 0. The molecule has 3 heteroatoms. The monoisotopic (exact) mass is 181 g/mol. The second kappa shape index (κ2) is 6.54. The Morgan fingerprint density at radius 2 is 1.85 bits per heavy atom. The van der Waals surface area contributed by atoms with Crippen LogP contribution in [0.5, 0.6) is 0 Å². The number of hydrogen-bond acceptors (Lipinski definition) is 3. The highest BCUT2D eigenvalue weighted by molar-refractivity contribution is 5.02. The van der Waals surface area contributed by atoms with Crippen LogP contribution in [0.25, 0.3) is 0 Å². The summed E-state index contributed by atoms with van der Waals surface area (Å²) in [4.78, 5) is 8.64. The number of aryl methyl sites for hydroxylation is 2. The first-order valence-electron chi connectivity index (χ1n) is 4.67. The van der Waals surface area contributed by atoms with E-state index in [2.05, 4.69) is 23.8 Å². The molecule has 0 amide bonds. The molecule has 0 bridgehead atoms. The van der Waals surface area contributed by atoms with Gasteiger partial charge in [0.1, 0.15) is 5.82 Å². The van der Waals surface area contributed by atoms with Gasteiger partial charge in [-0.1, -0.05) is 20.3 Å². The maximum atomic E-state index is 4.44. The predicted octanol–water partition coefficient (Wildman–Crippen LogP) is 2.54. The molecule has 1 heterocycles. The number of aromatic nitrogens is 2. The maximum absolute atomic E-state index is 4.44. The SMILES string of the molecule is CCCc1ccnc(CCC)n1.N. The fraction of sp³-hybridized carbons (Fsp3) is 0.600. The smallest absolute Gasteiger partial charge is 0.128 e. The fourth-order valence-electron chi connectivity index (χ4n) is 1.18. The lowest BCUT2D eigenvalue weighted by Gasteiger charge is -2.00. The minimum atomic E-state index is 0. The topological polar surface area (TPSA) is 60.8 Å². The Bertz CT molecular complexity index is 214. The minimum absolute atomic E-state index is 0. The van der Waals surface area contributed by atoms with Crippen LogP contribution < -0.4 is 6.15 Å². The van der Waals surface area contributed by atoms with E-state index in [1.807, 2.05) is 12.3 Å². The van der Waals surface area contributed by atoms with Gasteiger partial charge >= 0.3 is 0 Å². The Morgan fingerprint density at radius 3 is 2.46 bits per heavy atom. The van der Waals surface area contributed by atoms with Crippen LogP contribution in [0.4, 0.5) is 0 Å². The number of hydrogen-bond donors (Lipinski definition) is 1. The zero-order valence-corrected chi connectivity index (χ0v) is 8.58. The lowest BCUT2D eigenvalue weighted by molar-refractivity contribution is 0.793. The Hall–Kier alpha value is -0.960. The molecule has 0 atom stereocenters. The molecule has 1 rings (SSSR count). The van der Waals surface area contributed by atoms with Gasteiger partial charge in [0.15, 0.2) is 0 Å². The van der Waals surface area contributed by atoms with Crippen LogP contribution in [0, 0.1) is 0 Å². The highest BCUT2D eigenvalue weighted by Crippen LogP contribution is 2.00. The van der Waals surface area contributed by atoms with Crippen LogP contribution in [0.2, 0.25) is 0 Å². The third-order valence-corrected chi connectivity index (χ3v) is 1.74. The third kappa shape index (κ3) is 3.99. The predicted molar refractivity (Wildman–Crippen MR) is 55.0 cm³/mol. The molecule has 0 unspecified atom stereocenters. The normalized spacial score (nSPS) is 9.38. The molecule has 0 radical (unpaired) electrons. The van der Waals surface area contributed by atoms with Gasteiger partial charge in [-0.15, -0.1) is 0 Å². The van der Waals surface area contributed by atoms with Crippen LogP contribution >= 0.6 is 0 Å². The molecule has 0 aliphatic heterocycles. The van der Waals surface area contributed by atoms with Crippen molar-refractivity contribution < 1.29 is 0 Å². The van der Waals surface area contributed by atoms with E-state index in [1.54, 1.807) is 0 Å². The molecular formula is C10H19N3. The summed E-state index contributed by atoms with van der Waals surface area (Å²) < 4.78 is 0. The quantitative estimate of drug-likeness (QED) is 0.776. The molecule has 3 N–H and O–H groups in total. The van der Waals surface area contributed by atoms with Gasteiger partial charge in [-0.3, -0.25) is 0 Å². The molecule has 0 aromatic carbocycles. The molecule has 3 nitrogen and oxygen atoms in total. The zero-order chi connectivity index (χ0) is 8.81. The van der Waals surface area contributed by atoms with Crippen molar-refractivity contribution >= 4 is 0 Å². The first-order chi connectivity index (χ1) is 5.86. The molecule has 74 valence electrons. The lowest BCUT2D eigenvalue weighted by atomic mass is 10.2. The second-order valence-corrected chi connectivity index (χ2v) is 2.96. The highest BCUT2D eigenvalue weighted by Gasteiger charge is 1.96. The van der Waals surface area contributed by atoms with E-state index in [0.717, 1.165) is 31.5 Å². The Balaban J connectivity index is 0.00000144. The van der Waals surface area contributed by atoms with E-state index < -0.39 is 0 Å². The van der Waals surface area contributed by atoms with Crippen molar-refractivity contribution in [3.8, 4) is 0 Å². The van der Waals surface area contributed by atoms with Gasteiger partial charge in [0.2, 0.25) is 0 Å². The second-order valence-electron chi connectivity index (χ2n) is 2.96. The van der Waals surface area contributed by atoms with Gasteiger partial charge in [-0.05, 0) is 18.9 Å². The molecule has 0 aliphatic carbocycles. The fourth-order valence-corrected chi connectivity index (χ4v) is 1.18. The largest absolute Gasteiger partial charge is 0.344 e.